The Labute approximate surface area is 76.9 Å². The van der Waals surface area contributed by atoms with Gasteiger partial charge in [-0.25, -0.2) is 0 Å². The van der Waals surface area contributed by atoms with Crippen molar-refractivity contribution in [1.82, 2.24) is 9.78 Å². The van der Waals surface area contributed by atoms with Crippen molar-refractivity contribution in [3.8, 4) is 5.75 Å². The van der Waals surface area contributed by atoms with Gasteiger partial charge in [0.15, 0.2) is 0 Å². The van der Waals surface area contributed by atoms with Gasteiger partial charge in [0.2, 0.25) is 0 Å². The Hall–Kier alpha value is -1.51. The molecule has 0 saturated heterocycles. The smallest absolute Gasteiger partial charge is 0.132 e. The van der Waals surface area contributed by atoms with Gasteiger partial charge in [-0.15, -0.1) is 0 Å². The Bertz CT molecular complexity index is 445. The first kappa shape index (κ1) is 8.10. The van der Waals surface area contributed by atoms with Crippen molar-refractivity contribution >= 4 is 10.9 Å². The van der Waals surface area contributed by atoms with Crippen LogP contribution in [0.25, 0.3) is 10.9 Å². The maximum absolute atomic E-state index is 5.32. The van der Waals surface area contributed by atoms with Crippen LogP contribution in [0.2, 0.25) is 0 Å². The van der Waals surface area contributed by atoms with Crippen molar-refractivity contribution < 1.29 is 4.74 Å². The summed E-state index contributed by atoms with van der Waals surface area (Å²) in [5, 5.41) is 5.37. The molecule has 0 bridgehead atoms. The molecular formula is C10H12N2O. The topological polar surface area (TPSA) is 27.1 Å². The third kappa shape index (κ3) is 1.16. The molecule has 0 atom stereocenters. The van der Waals surface area contributed by atoms with E-state index in [1.54, 1.807) is 11.8 Å². The summed E-state index contributed by atoms with van der Waals surface area (Å²) in [5.74, 6) is 0.922. The van der Waals surface area contributed by atoms with Crippen LogP contribution < -0.4 is 4.74 Å². The molecule has 2 aromatic rings. The lowest BCUT2D eigenvalue weighted by Crippen LogP contribution is -1.86. The van der Waals surface area contributed by atoms with E-state index in [4.69, 9.17) is 4.74 Å². The van der Waals surface area contributed by atoms with Crippen molar-refractivity contribution in [3.05, 3.63) is 23.9 Å². The van der Waals surface area contributed by atoms with Crippen LogP contribution in [0.4, 0.5) is 0 Å². The van der Waals surface area contributed by atoms with Gasteiger partial charge in [-0.1, -0.05) is 6.07 Å². The molecule has 68 valence electrons. The predicted molar refractivity (Wildman–Crippen MR) is 52.0 cm³/mol. The number of methoxy groups -OCH3 is 1. The molecule has 0 amide bonds. The molecule has 0 radical (unpaired) electrons. The number of hydrogen-bond donors (Lipinski definition) is 0. The highest BCUT2D eigenvalue weighted by molar-refractivity contribution is 5.86. The number of benzene rings is 1. The second-order valence-corrected chi connectivity index (χ2v) is 3.15. The van der Waals surface area contributed by atoms with E-state index in [0.29, 0.717) is 0 Å². The predicted octanol–water partition coefficient (Wildman–Crippen LogP) is 1.89. The van der Waals surface area contributed by atoms with Crippen LogP contribution in [0.15, 0.2) is 18.3 Å². The van der Waals surface area contributed by atoms with Gasteiger partial charge in [0, 0.05) is 13.2 Å². The fourth-order valence-electron chi connectivity index (χ4n) is 1.57. The fourth-order valence-corrected chi connectivity index (χ4v) is 1.57. The number of ether oxygens (including phenoxy) is 1. The zero-order valence-electron chi connectivity index (χ0n) is 8.03. The van der Waals surface area contributed by atoms with E-state index in [9.17, 15) is 0 Å². The van der Waals surface area contributed by atoms with Crippen LogP contribution >= 0.6 is 0 Å². The molecule has 0 fully saturated rings. The summed E-state index contributed by atoms with van der Waals surface area (Å²) in [6.45, 7) is 2.03. The molecule has 13 heavy (non-hydrogen) atoms. The number of rotatable bonds is 1. The number of aryl methyl sites for hydroxylation is 2. The van der Waals surface area contributed by atoms with E-state index < -0.39 is 0 Å². The van der Waals surface area contributed by atoms with Crippen LogP contribution in [-0.4, -0.2) is 16.9 Å². The molecule has 3 nitrogen and oxygen atoms in total. The van der Waals surface area contributed by atoms with Gasteiger partial charge in [-0.3, -0.25) is 4.68 Å². The minimum absolute atomic E-state index is 0.922. The van der Waals surface area contributed by atoms with Crippen molar-refractivity contribution in [3.63, 3.8) is 0 Å². The highest BCUT2D eigenvalue weighted by Gasteiger charge is 2.06. The zero-order chi connectivity index (χ0) is 9.42. The molecule has 2 rings (SSSR count). The molecule has 1 heterocycles. The summed E-state index contributed by atoms with van der Waals surface area (Å²) in [7, 11) is 3.60. The minimum atomic E-state index is 0.922. The van der Waals surface area contributed by atoms with Gasteiger partial charge in [0.05, 0.1) is 18.0 Å². The largest absolute Gasteiger partial charge is 0.496 e. The van der Waals surface area contributed by atoms with Gasteiger partial charge >= 0.3 is 0 Å². The van der Waals surface area contributed by atoms with E-state index in [-0.39, 0.29) is 0 Å². The SMILES string of the molecule is COc1c(C)ccc2nn(C)cc12. The maximum Gasteiger partial charge on any atom is 0.132 e. The van der Waals surface area contributed by atoms with Crippen LogP contribution in [0.3, 0.4) is 0 Å². The molecule has 1 aromatic heterocycles. The van der Waals surface area contributed by atoms with Crippen LogP contribution in [0, 0.1) is 6.92 Å². The summed E-state index contributed by atoms with van der Waals surface area (Å²) in [6.07, 6.45) is 1.97. The maximum atomic E-state index is 5.32. The molecule has 0 saturated carbocycles. The lowest BCUT2D eigenvalue weighted by Gasteiger charge is -2.03. The van der Waals surface area contributed by atoms with Crippen molar-refractivity contribution in [1.29, 1.82) is 0 Å². The van der Waals surface area contributed by atoms with Gasteiger partial charge in [0.1, 0.15) is 5.75 Å². The average Bonchev–Trinajstić information content (AvgIpc) is 2.45. The first-order chi connectivity index (χ1) is 6.22. The van der Waals surface area contributed by atoms with Crippen LogP contribution in [0.1, 0.15) is 5.56 Å². The Kier molecular flexibility index (Phi) is 1.72. The average molecular weight is 176 g/mol. The number of aromatic nitrogens is 2. The van der Waals surface area contributed by atoms with E-state index in [0.717, 1.165) is 22.2 Å². The highest BCUT2D eigenvalue weighted by Crippen LogP contribution is 2.27. The fraction of sp³-hybridized carbons (Fsp3) is 0.300. The van der Waals surface area contributed by atoms with Gasteiger partial charge < -0.3 is 4.74 Å². The number of nitrogens with zero attached hydrogens (tertiary/aromatic N) is 2. The summed E-state index contributed by atoms with van der Waals surface area (Å²) < 4.78 is 7.12. The standard InChI is InChI=1S/C10H12N2O/c1-7-4-5-9-8(10(7)13-3)6-12(2)11-9/h4-6H,1-3H3. The summed E-state index contributed by atoms with van der Waals surface area (Å²) >= 11 is 0. The van der Waals surface area contributed by atoms with Crippen molar-refractivity contribution in [2.75, 3.05) is 7.11 Å². The minimum Gasteiger partial charge on any atom is -0.496 e. The molecule has 0 unspecified atom stereocenters. The lowest BCUT2D eigenvalue weighted by molar-refractivity contribution is 0.417. The third-order valence-corrected chi connectivity index (χ3v) is 2.16. The second-order valence-electron chi connectivity index (χ2n) is 3.15. The summed E-state index contributed by atoms with van der Waals surface area (Å²) in [6, 6.07) is 4.03. The van der Waals surface area contributed by atoms with Crippen LogP contribution in [0.5, 0.6) is 5.75 Å². The van der Waals surface area contributed by atoms with Gasteiger partial charge in [0.25, 0.3) is 0 Å². The molecule has 0 aliphatic heterocycles. The molecule has 0 N–H and O–H groups in total. The monoisotopic (exact) mass is 176 g/mol. The number of fused-ring (bicyclic) bond motifs is 1. The Morgan fingerprint density at radius 1 is 1.38 bits per heavy atom. The van der Waals surface area contributed by atoms with E-state index in [2.05, 4.69) is 5.10 Å². The quantitative estimate of drug-likeness (QED) is 0.663. The number of hydrogen-bond acceptors (Lipinski definition) is 2. The Morgan fingerprint density at radius 2 is 2.15 bits per heavy atom. The summed E-state index contributed by atoms with van der Waals surface area (Å²) in [5.41, 5.74) is 2.12. The second kappa shape index (κ2) is 2.76. The summed E-state index contributed by atoms with van der Waals surface area (Å²) in [4.78, 5) is 0. The van der Waals surface area contributed by atoms with Crippen molar-refractivity contribution in [2.24, 2.45) is 7.05 Å². The van der Waals surface area contributed by atoms with E-state index >= 15 is 0 Å². The Balaban J connectivity index is 2.82. The normalized spacial score (nSPS) is 10.7. The van der Waals surface area contributed by atoms with Gasteiger partial charge in [-0.05, 0) is 18.6 Å². The van der Waals surface area contributed by atoms with E-state index in [1.165, 1.54) is 0 Å². The van der Waals surface area contributed by atoms with E-state index in [1.807, 2.05) is 32.3 Å². The lowest BCUT2D eigenvalue weighted by atomic mass is 10.1. The molecule has 0 aliphatic carbocycles. The first-order valence-electron chi connectivity index (χ1n) is 4.19. The first-order valence-corrected chi connectivity index (χ1v) is 4.19. The van der Waals surface area contributed by atoms with Crippen molar-refractivity contribution in [2.45, 2.75) is 6.92 Å². The van der Waals surface area contributed by atoms with Gasteiger partial charge in [-0.2, -0.15) is 5.10 Å². The molecular weight excluding hydrogens is 164 g/mol. The highest BCUT2D eigenvalue weighted by atomic mass is 16.5. The third-order valence-electron chi connectivity index (χ3n) is 2.16. The molecule has 3 heteroatoms. The zero-order valence-corrected chi connectivity index (χ0v) is 8.03. The molecule has 0 spiro atoms. The Morgan fingerprint density at radius 3 is 2.85 bits per heavy atom. The van der Waals surface area contributed by atoms with Crippen LogP contribution in [-0.2, 0) is 7.05 Å². The molecule has 1 aromatic carbocycles. The molecule has 0 aliphatic rings.